The maximum atomic E-state index is 5.60. The first-order chi connectivity index (χ1) is 5.79. The van der Waals surface area contributed by atoms with E-state index in [0.717, 1.165) is 31.5 Å². The third kappa shape index (κ3) is 1.18. The predicted octanol–water partition coefficient (Wildman–Crippen LogP) is 0.0555. The number of hydrogen-bond acceptors (Lipinski definition) is 3. The summed E-state index contributed by atoms with van der Waals surface area (Å²) in [6.07, 6.45) is 3.18. The Bertz CT molecular complexity index is 279. The molecule has 1 heterocycles. The second kappa shape index (κ2) is 2.79. The van der Waals surface area contributed by atoms with Crippen LogP contribution in [-0.2, 0) is 12.8 Å². The number of H-pyrrole nitrogens is 1. The zero-order valence-electron chi connectivity index (χ0n) is 7.01. The Kier molecular flexibility index (Phi) is 1.77. The van der Waals surface area contributed by atoms with Crippen molar-refractivity contribution < 1.29 is 0 Å². The Balaban J connectivity index is 2.22. The molecule has 4 nitrogen and oxygen atoms in total. The molecule has 1 atom stereocenters. The molecule has 1 aliphatic rings. The lowest BCUT2D eigenvalue weighted by molar-refractivity contribution is 0.461. The highest BCUT2D eigenvalue weighted by Gasteiger charge is 2.20. The van der Waals surface area contributed by atoms with Gasteiger partial charge in [-0.25, -0.2) is 4.98 Å². The molecule has 2 rings (SSSR count). The van der Waals surface area contributed by atoms with Gasteiger partial charge >= 0.3 is 0 Å². The van der Waals surface area contributed by atoms with E-state index in [4.69, 9.17) is 11.5 Å². The third-order valence-electron chi connectivity index (χ3n) is 2.50. The summed E-state index contributed by atoms with van der Waals surface area (Å²) in [5.41, 5.74) is 13.5. The van der Waals surface area contributed by atoms with E-state index in [-0.39, 0.29) is 0 Å². The van der Waals surface area contributed by atoms with Gasteiger partial charge < -0.3 is 16.5 Å². The van der Waals surface area contributed by atoms with Crippen LogP contribution in [0.4, 0.5) is 5.95 Å². The van der Waals surface area contributed by atoms with E-state index in [1.165, 1.54) is 5.69 Å². The van der Waals surface area contributed by atoms with Gasteiger partial charge in [0, 0.05) is 5.69 Å². The molecule has 66 valence electrons. The van der Waals surface area contributed by atoms with Crippen molar-refractivity contribution in [1.29, 1.82) is 0 Å². The number of aryl methyl sites for hydroxylation is 1. The minimum atomic E-state index is 0.540. The lowest BCUT2D eigenvalue weighted by Gasteiger charge is -2.18. The highest BCUT2D eigenvalue weighted by Crippen LogP contribution is 2.23. The van der Waals surface area contributed by atoms with Crippen LogP contribution in [-0.4, -0.2) is 16.5 Å². The molecule has 4 heteroatoms. The maximum Gasteiger partial charge on any atom is 0.197 e. The fourth-order valence-electron chi connectivity index (χ4n) is 1.78. The Hall–Kier alpha value is -1.03. The summed E-state index contributed by atoms with van der Waals surface area (Å²) >= 11 is 0. The number of anilines is 1. The highest BCUT2D eigenvalue weighted by molar-refractivity contribution is 5.28. The maximum absolute atomic E-state index is 5.60. The van der Waals surface area contributed by atoms with E-state index in [2.05, 4.69) is 9.97 Å². The van der Waals surface area contributed by atoms with Crippen molar-refractivity contribution in [3.05, 3.63) is 11.4 Å². The molecule has 0 radical (unpaired) electrons. The highest BCUT2D eigenvalue weighted by atomic mass is 15.0. The van der Waals surface area contributed by atoms with Crippen molar-refractivity contribution in [3.8, 4) is 0 Å². The van der Waals surface area contributed by atoms with Crippen LogP contribution in [0.5, 0.6) is 0 Å². The van der Waals surface area contributed by atoms with Crippen LogP contribution in [0.1, 0.15) is 17.8 Å². The van der Waals surface area contributed by atoms with Gasteiger partial charge in [0.25, 0.3) is 0 Å². The standard InChI is InChI=1S/C8H14N4/c9-4-5-1-2-6-7(3-5)12-8(10)11-6/h5H,1-4,9H2,(H3,10,11,12)/t5-/m1/s1. The average molecular weight is 166 g/mol. The lowest BCUT2D eigenvalue weighted by atomic mass is 9.90. The molecule has 5 N–H and O–H groups in total. The average Bonchev–Trinajstić information content (AvgIpc) is 2.43. The minimum Gasteiger partial charge on any atom is -0.369 e. The van der Waals surface area contributed by atoms with Crippen LogP contribution in [0.2, 0.25) is 0 Å². The van der Waals surface area contributed by atoms with E-state index in [9.17, 15) is 0 Å². The van der Waals surface area contributed by atoms with Crippen molar-refractivity contribution in [1.82, 2.24) is 9.97 Å². The number of rotatable bonds is 1. The number of hydrogen-bond donors (Lipinski definition) is 3. The number of nitrogens with one attached hydrogen (secondary N) is 1. The Morgan fingerprint density at radius 1 is 1.58 bits per heavy atom. The molecule has 0 saturated carbocycles. The van der Waals surface area contributed by atoms with Gasteiger partial charge in [0.05, 0.1) is 5.69 Å². The van der Waals surface area contributed by atoms with Gasteiger partial charge in [0.2, 0.25) is 0 Å². The molecular formula is C8H14N4. The van der Waals surface area contributed by atoms with Crippen molar-refractivity contribution in [2.75, 3.05) is 12.3 Å². The van der Waals surface area contributed by atoms with Crippen molar-refractivity contribution in [2.24, 2.45) is 11.7 Å². The van der Waals surface area contributed by atoms with E-state index in [1.807, 2.05) is 0 Å². The molecule has 1 aromatic heterocycles. The number of aromatic amines is 1. The Morgan fingerprint density at radius 3 is 3.17 bits per heavy atom. The number of aromatic nitrogens is 2. The van der Waals surface area contributed by atoms with Gasteiger partial charge in [0.1, 0.15) is 0 Å². The first kappa shape index (κ1) is 7.61. The molecule has 0 aromatic carbocycles. The summed E-state index contributed by atoms with van der Waals surface area (Å²) < 4.78 is 0. The van der Waals surface area contributed by atoms with Crippen molar-refractivity contribution >= 4 is 5.95 Å². The summed E-state index contributed by atoms with van der Waals surface area (Å²) in [7, 11) is 0. The number of nitrogens with two attached hydrogens (primary N) is 2. The molecule has 1 aromatic rings. The normalized spacial score (nSPS) is 22.2. The van der Waals surface area contributed by atoms with Crippen LogP contribution < -0.4 is 11.5 Å². The van der Waals surface area contributed by atoms with Gasteiger partial charge in [-0.15, -0.1) is 0 Å². The van der Waals surface area contributed by atoms with Gasteiger partial charge in [-0.3, -0.25) is 0 Å². The Morgan fingerprint density at radius 2 is 2.42 bits per heavy atom. The second-order valence-corrected chi connectivity index (χ2v) is 3.39. The number of nitrogen functional groups attached to an aromatic ring is 1. The first-order valence-corrected chi connectivity index (χ1v) is 4.33. The van der Waals surface area contributed by atoms with Crippen molar-refractivity contribution in [3.63, 3.8) is 0 Å². The number of imidazole rings is 1. The van der Waals surface area contributed by atoms with Gasteiger partial charge in [-0.05, 0) is 31.7 Å². The molecule has 0 fully saturated rings. The van der Waals surface area contributed by atoms with Crippen LogP contribution >= 0.6 is 0 Å². The fourth-order valence-corrected chi connectivity index (χ4v) is 1.78. The molecule has 0 bridgehead atoms. The SMILES string of the molecule is NC[C@@H]1CCc2nc(N)[nH]c2C1. The van der Waals surface area contributed by atoms with Gasteiger partial charge in [-0.2, -0.15) is 0 Å². The van der Waals surface area contributed by atoms with Crippen LogP contribution in [0, 0.1) is 5.92 Å². The predicted molar refractivity (Wildman–Crippen MR) is 47.6 cm³/mol. The molecule has 0 unspecified atom stereocenters. The smallest absolute Gasteiger partial charge is 0.197 e. The zero-order chi connectivity index (χ0) is 8.55. The second-order valence-electron chi connectivity index (χ2n) is 3.39. The fraction of sp³-hybridized carbons (Fsp3) is 0.625. The quantitative estimate of drug-likeness (QED) is 0.551. The minimum absolute atomic E-state index is 0.540. The third-order valence-corrected chi connectivity index (χ3v) is 2.50. The molecule has 0 amide bonds. The zero-order valence-corrected chi connectivity index (χ0v) is 7.01. The van der Waals surface area contributed by atoms with Crippen LogP contribution in [0.3, 0.4) is 0 Å². The Labute approximate surface area is 71.4 Å². The molecular weight excluding hydrogens is 152 g/mol. The first-order valence-electron chi connectivity index (χ1n) is 4.33. The molecule has 0 spiro atoms. The largest absolute Gasteiger partial charge is 0.369 e. The van der Waals surface area contributed by atoms with E-state index in [1.54, 1.807) is 0 Å². The van der Waals surface area contributed by atoms with Gasteiger partial charge in [-0.1, -0.05) is 0 Å². The molecule has 1 aliphatic carbocycles. The topological polar surface area (TPSA) is 80.7 Å². The summed E-state index contributed by atoms with van der Waals surface area (Å²) in [4.78, 5) is 7.27. The summed E-state index contributed by atoms with van der Waals surface area (Å²) in [6.45, 7) is 0.762. The number of fused-ring (bicyclic) bond motifs is 1. The molecule has 12 heavy (non-hydrogen) atoms. The summed E-state index contributed by atoms with van der Waals surface area (Å²) in [6, 6.07) is 0. The van der Waals surface area contributed by atoms with E-state index < -0.39 is 0 Å². The molecule has 0 saturated heterocycles. The lowest BCUT2D eigenvalue weighted by Crippen LogP contribution is -2.22. The van der Waals surface area contributed by atoms with Crippen LogP contribution in [0.15, 0.2) is 0 Å². The van der Waals surface area contributed by atoms with Crippen molar-refractivity contribution in [2.45, 2.75) is 19.3 Å². The van der Waals surface area contributed by atoms with Crippen LogP contribution in [0.25, 0.3) is 0 Å². The summed E-state index contributed by atoms with van der Waals surface area (Å²) in [5.74, 6) is 1.15. The van der Waals surface area contributed by atoms with E-state index in [0.29, 0.717) is 11.9 Å². The monoisotopic (exact) mass is 166 g/mol. The van der Waals surface area contributed by atoms with Gasteiger partial charge in [0.15, 0.2) is 5.95 Å². The summed E-state index contributed by atoms with van der Waals surface area (Å²) in [5, 5.41) is 0. The van der Waals surface area contributed by atoms with E-state index >= 15 is 0 Å². The number of nitrogens with zero attached hydrogens (tertiary/aromatic N) is 1. The molecule has 0 aliphatic heterocycles.